The van der Waals surface area contributed by atoms with Gasteiger partial charge in [-0.25, -0.2) is 4.98 Å². The average molecular weight is 355 g/mol. The highest BCUT2D eigenvalue weighted by Gasteiger charge is 2.24. The molecule has 26 heavy (non-hydrogen) atoms. The second-order valence-corrected chi connectivity index (χ2v) is 6.21. The number of nitrogens with zero attached hydrogens (tertiary/aromatic N) is 3. The van der Waals surface area contributed by atoms with E-state index < -0.39 is 0 Å². The highest BCUT2D eigenvalue weighted by molar-refractivity contribution is 5.96. The number of aromatic nitrogens is 1. The lowest BCUT2D eigenvalue weighted by Crippen LogP contribution is -2.48. The van der Waals surface area contributed by atoms with E-state index in [1.807, 2.05) is 35.2 Å². The number of benzene rings is 1. The molecule has 1 aliphatic rings. The molecule has 0 radical (unpaired) electrons. The fourth-order valence-electron chi connectivity index (χ4n) is 3.12. The molecule has 1 amide bonds. The van der Waals surface area contributed by atoms with Crippen LogP contribution in [-0.4, -0.2) is 67.6 Å². The normalized spacial score (nSPS) is 15.0. The molecule has 1 saturated heterocycles. The first-order valence-corrected chi connectivity index (χ1v) is 8.87. The van der Waals surface area contributed by atoms with Gasteiger partial charge >= 0.3 is 0 Å². The third-order valence-electron chi connectivity index (χ3n) is 4.78. The van der Waals surface area contributed by atoms with Crippen LogP contribution in [0.25, 0.3) is 11.3 Å². The van der Waals surface area contributed by atoms with E-state index in [0.717, 1.165) is 49.7 Å². The Morgan fingerprint density at radius 1 is 1.00 bits per heavy atom. The number of hydrogen-bond acceptors (Lipinski definition) is 5. The maximum atomic E-state index is 12.9. The van der Waals surface area contributed by atoms with Gasteiger partial charge in [0, 0.05) is 31.7 Å². The Morgan fingerprint density at radius 3 is 2.27 bits per heavy atom. The monoisotopic (exact) mass is 355 g/mol. The van der Waals surface area contributed by atoms with Crippen molar-refractivity contribution in [3.63, 3.8) is 0 Å². The molecule has 3 rings (SSSR count). The number of hydrogen-bond donors (Lipinski definition) is 0. The summed E-state index contributed by atoms with van der Waals surface area (Å²) in [6.45, 7) is 6.43. The average Bonchev–Trinajstić information content (AvgIpc) is 2.73. The third-order valence-corrected chi connectivity index (χ3v) is 4.78. The zero-order valence-corrected chi connectivity index (χ0v) is 15.6. The van der Waals surface area contributed by atoms with Crippen LogP contribution in [0.4, 0.5) is 0 Å². The highest BCUT2D eigenvalue weighted by Crippen LogP contribution is 2.26. The molecule has 1 aliphatic heterocycles. The van der Waals surface area contributed by atoms with Gasteiger partial charge in [-0.05, 0) is 42.9 Å². The number of carbonyl (C=O) groups excluding carboxylic acids is 1. The molecule has 2 heterocycles. The largest absolute Gasteiger partial charge is 0.497 e. The lowest BCUT2D eigenvalue weighted by molar-refractivity contribution is 0.0639. The van der Waals surface area contributed by atoms with Gasteiger partial charge < -0.3 is 19.3 Å². The number of methoxy groups -OCH3 is 2. The molecule has 1 fully saturated rings. The summed E-state index contributed by atoms with van der Waals surface area (Å²) in [5.74, 6) is 1.13. The summed E-state index contributed by atoms with van der Waals surface area (Å²) in [4.78, 5) is 21.6. The molecule has 0 bridgehead atoms. The number of piperazine rings is 1. The second-order valence-electron chi connectivity index (χ2n) is 6.21. The van der Waals surface area contributed by atoms with Crippen LogP contribution in [0.2, 0.25) is 0 Å². The Hall–Kier alpha value is -2.60. The van der Waals surface area contributed by atoms with Gasteiger partial charge in [0.15, 0.2) is 0 Å². The number of pyridine rings is 1. The molecule has 0 N–H and O–H groups in total. The van der Waals surface area contributed by atoms with E-state index >= 15 is 0 Å². The molecule has 1 aromatic heterocycles. The second kappa shape index (κ2) is 8.19. The van der Waals surface area contributed by atoms with E-state index in [0.29, 0.717) is 11.4 Å². The van der Waals surface area contributed by atoms with Crippen molar-refractivity contribution in [1.82, 2.24) is 14.8 Å². The van der Waals surface area contributed by atoms with Gasteiger partial charge in [0.05, 0.1) is 19.9 Å². The van der Waals surface area contributed by atoms with Gasteiger partial charge in [0.1, 0.15) is 11.3 Å². The summed E-state index contributed by atoms with van der Waals surface area (Å²) in [5.41, 5.74) is 2.21. The van der Waals surface area contributed by atoms with Crippen LogP contribution < -0.4 is 9.47 Å². The van der Waals surface area contributed by atoms with Gasteiger partial charge in [-0.1, -0.05) is 6.92 Å². The van der Waals surface area contributed by atoms with Crippen molar-refractivity contribution >= 4 is 5.91 Å². The molecule has 138 valence electrons. The number of ether oxygens (including phenoxy) is 2. The van der Waals surface area contributed by atoms with Crippen molar-refractivity contribution < 1.29 is 14.3 Å². The minimum absolute atomic E-state index is 0.0219. The van der Waals surface area contributed by atoms with Gasteiger partial charge in [-0.3, -0.25) is 4.79 Å². The van der Waals surface area contributed by atoms with E-state index in [9.17, 15) is 4.79 Å². The maximum absolute atomic E-state index is 12.9. The molecule has 0 aliphatic carbocycles. The van der Waals surface area contributed by atoms with Gasteiger partial charge in [0.2, 0.25) is 5.88 Å². The maximum Gasteiger partial charge on any atom is 0.259 e. The number of likely N-dealkylation sites (N-methyl/N-ethyl adjacent to an activating group) is 1. The van der Waals surface area contributed by atoms with E-state index in [1.165, 1.54) is 0 Å². The SMILES string of the molecule is CCN1CCN(C(=O)c2ccc(-c3ccc(OC)cc3)nc2OC)CC1. The summed E-state index contributed by atoms with van der Waals surface area (Å²) in [7, 11) is 3.18. The van der Waals surface area contributed by atoms with Crippen LogP contribution in [0.3, 0.4) is 0 Å². The van der Waals surface area contributed by atoms with Crippen LogP contribution in [0, 0.1) is 0 Å². The van der Waals surface area contributed by atoms with E-state index in [1.54, 1.807) is 20.3 Å². The molecule has 0 unspecified atom stereocenters. The number of amides is 1. The highest BCUT2D eigenvalue weighted by atomic mass is 16.5. The molecule has 6 nitrogen and oxygen atoms in total. The fourth-order valence-corrected chi connectivity index (χ4v) is 3.12. The summed E-state index contributed by atoms with van der Waals surface area (Å²) in [6, 6.07) is 11.3. The summed E-state index contributed by atoms with van der Waals surface area (Å²) >= 11 is 0. The van der Waals surface area contributed by atoms with Gasteiger partial charge in [0.25, 0.3) is 5.91 Å². The molecule has 6 heteroatoms. The van der Waals surface area contributed by atoms with Crippen molar-refractivity contribution in [3.05, 3.63) is 42.0 Å². The first-order valence-electron chi connectivity index (χ1n) is 8.87. The summed E-state index contributed by atoms with van der Waals surface area (Å²) < 4.78 is 10.6. The first kappa shape index (κ1) is 18.2. The Morgan fingerprint density at radius 2 is 1.69 bits per heavy atom. The topological polar surface area (TPSA) is 54.9 Å². The van der Waals surface area contributed by atoms with Crippen molar-refractivity contribution in [1.29, 1.82) is 0 Å². The Balaban J connectivity index is 1.81. The van der Waals surface area contributed by atoms with Gasteiger partial charge in [-0.2, -0.15) is 0 Å². The quantitative estimate of drug-likeness (QED) is 0.825. The zero-order valence-electron chi connectivity index (χ0n) is 15.6. The van der Waals surface area contributed by atoms with Crippen LogP contribution in [0.15, 0.2) is 36.4 Å². The summed E-state index contributed by atoms with van der Waals surface area (Å²) in [5, 5.41) is 0. The predicted octanol–water partition coefficient (Wildman–Crippen LogP) is 2.54. The predicted molar refractivity (Wildman–Crippen MR) is 101 cm³/mol. The number of carbonyl (C=O) groups is 1. The van der Waals surface area contributed by atoms with Gasteiger partial charge in [-0.15, -0.1) is 0 Å². The van der Waals surface area contributed by atoms with Crippen molar-refractivity contribution in [2.45, 2.75) is 6.92 Å². The first-order chi connectivity index (χ1) is 12.7. The lowest BCUT2D eigenvalue weighted by Gasteiger charge is -2.34. The Bertz CT molecular complexity index is 753. The van der Waals surface area contributed by atoms with E-state index in [4.69, 9.17) is 9.47 Å². The Labute approximate surface area is 154 Å². The molecule has 1 aromatic carbocycles. The van der Waals surface area contributed by atoms with E-state index in [2.05, 4.69) is 16.8 Å². The van der Waals surface area contributed by atoms with Crippen LogP contribution in [-0.2, 0) is 0 Å². The van der Waals surface area contributed by atoms with Crippen molar-refractivity contribution in [2.75, 3.05) is 46.9 Å². The smallest absolute Gasteiger partial charge is 0.259 e. The minimum Gasteiger partial charge on any atom is -0.497 e. The minimum atomic E-state index is -0.0219. The molecular weight excluding hydrogens is 330 g/mol. The van der Waals surface area contributed by atoms with Crippen LogP contribution >= 0.6 is 0 Å². The zero-order chi connectivity index (χ0) is 18.5. The van der Waals surface area contributed by atoms with E-state index in [-0.39, 0.29) is 5.91 Å². The summed E-state index contributed by atoms with van der Waals surface area (Å²) in [6.07, 6.45) is 0. The standard InChI is InChI=1S/C20H25N3O3/c1-4-22-11-13-23(14-12-22)20(24)17-9-10-18(21-19(17)26-3)15-5-7-16(25-2)8-6-15/h5-10H,4,11-14H2,1-3H3. The molecular formula is C20H25N3O3. The molecule has 0 spiro atoms. The van der Waals surface area contributed by atoms with Crippen LogP contribution in [0.1, 0.15) is 17.3 Å². The fraction of sp³-hybridized carbons (Fsp3) is 0.400. The molecule has 0 saturated carbocycles. The van der Waals surface area contributed by atoms with Crippen molar-refractivity contribution in [2.24, 2.45) is 0 Å². The van der Waals surface area contributed by atoms with Crippen LogP contribution in [0.5, 0.6) is 11.6 Å². The third kappa shape index (κ3) is 3.80. The number of rotatable bonds is 5. The lowest BCUT2D eigenvalue weighted by atomic mass is 10.1. The molecule has 2 aromatic rings. The molecule has 0 atom stereocenters. The van der Waals surface area contributed by atoms with Crippen molar-refractivity contribution in [3.8, 4) is 22.9 Å². The Kier molecular flexibility index (Phi) is 5.73.